The van der Waals surface area contributed by atoms with Gasteiger partial charge >= 0.3 is 0 Å². The normalized spacial score (nSPS) is 11.1. The van der Waals surface area contributed by atoms with Gasteiger partial charge in [0.2, 0.25) is 0 Å². The number of fused-ring (bicyclic) bond motifs is 3. The average molecular weight is 428 g/mol. The van der Waals surface area contributed by atoms with Crippen molar-refractivity contribution in [3.63, 3.8) is 0 Å². The molecular formula is C30H21NS. The van der Waals surface area contributed by atoms with Crippen LogP contribution in [-0.2, 0) is 0 Å². The Morgan fingerprint density at radius 1 is 0.469 bits per heavy atom. The lowest BCUT2D eigenvalue weighted by Gasteiger charge is -2.11. The number of thiophene rings is 1. The molecule has 0 saturated carbocycles. The monoisotopic (exact) mass is 427 g/mol. The van der Waals surface area contributed by atoms with Crippen molar-refractivity contribution in [3.05, 3.63) is 121 Å². The highest BCUT2D eigenvalue weighted by Crippen LogP contribution is 2.39. The number of nitrogens with one attached hydrogen (secondary N) is 1. The molecule has 0 atom stereocenters. The van der Waals surface area contributed by atoms with E-state index in [0.717, 1.165) is 11.4 Å². The zero-order valence-electron chi connectivity index (χ0n) is 17.5. The number of benzene rings is 5. The van der Waals surface area contributed by atoms with Crippen LogP contribution < -0.4 is 5.32 Å². The second-order valence-corrected chi connectivity index (χ2v) is 9.01. The topological polar surface area (TPSA) is 12.0 Å². The van der Waals surface area contributed by atoms with Crippen molar-refractivity contribution in [1.82, 2.24) is 0 Å². The summed E-state index contributed by atoms with van der Waals surface area (Å²) in [5.74, 6) is 0. The molecule has 6 aromatic rings. The van der Waals surface area contributed by atoms with E-state index < -0.39 is 0 Å². The molecule has 1 heterocycles. The van der Waals surface area contributed by atoms with E-state index in [-0.39, 0.29) is 0 Å². The molecule has 0 bridgehead atoms. The molecule has 0 radical (unpaired) electrons. The van der Waals surface area contributed by atoms with Crippen LogP contribution in [0.3, 0.4) is 0 Å². The lowest BCUT2D eigenvalue weighted by atomic mass is 10.00. The van der Waals surface area contributed by atoms with E-state index >= 15 is 0 Å². The van der Waals surface area contributed by atoms with E-state index in [1.165, 1.54) is 42.4 Å². The molecule has 0 amide bonds. The first-order valence-corrected chi connectivity index (χ1v) is 11.6. The minimum absolute atomic E-state index is 1.09. The van der Waals surface area contributed by atoms with Crippen LogP contribution in [0.5, 0.6) is 0 Å². The fourth-order valence-electron chi connectivity index (χ4n) is 4.30. The Morgan fingerprint density at radius 3 is 1.94 bits per heavy atom. The van der Waals surface area contributed by atoms with Crippen molar-refractivity contribution in [2.45, 2.75) is 0 Å². The van der Waals surface area contributed by atoms with Gasteiger partial charge in [0.05, 0.1) is 0 Å². The number of hydrogen-bond acceptors (Lipinski definition) is 2. The third kappa shape index (κ3) is 3.45. The van der Waals surface area contributed by atoms with Gasteiger partial charge in [0, 0.05) is 31.5 Å². The maximum atomic E-state index is 3.68. The first-order chi connectivity index (χ1) is 15.8. The lowest BCUT2D eigenvalue weighted by molar-refractivity contribution is 1.56. The second-order valence-electron chi connectivity index (χ2n) is 7.93. The van der Waals surface area contributed by atoms with Gasteiger partial charge in [-0.05, 0) is 52.6 Å². The van der Waals surface area contributed by atoms with Gasteiger partial charge in [0.25, 0.3) is 0 Å². The van der Waals surface area contributed by atoms with E-state index in [0.29, 0.717) is 0 Å². The molecule has 1 aromatic heterocycles. The fourth-order valence-corrected chi connectivity index (χ4v) is 5.43. The van der Waals surface area contributed by atoms with E-state index in [2.05, 4.69) is 127 Å². The van der Waals surface area contributed by atoms with Crippen molar-refractivity contribution < 1.29 is 0 Å². The summed E-state index contributed by atoms with van der Waals surface area (Å²) in [7, 11) is 0. The molecular weight excluding hydrogens is 406 g/mol. The van der Waals surface area contributed by atoms with Gasteiger partial charge < -0.3 is 5.32 Å². The summed E-state index contributed by atoms with van der Waals surface area (Å²) in [5.41, 5.74) is 7.14. The standard InChI is InChI=1S/C30H21NS/c1-2-8-21(9-3-1)22-16-18-23(19-17-22)24-10-6-11-25(20-24)31-27-13-7-15-29-30(27)26-12-4-5-14-28(26)32-29/h1-20,31H. The van der Waals surface area contributed by atoms with Crippen LogP contribution in [0.1, 0.15) is 0 Å². The summed E-state index contributed by atoms with van der Waals surface area (Å²) in [4.78, 5) is 0. The SMILES string of the molecule is c1ccc(-c2ccc(-c3cccc(Nc4cccc5sc6ccccc6c45)c3)cc2)cc1. The Hall–Kier alpha value is -3.88. The molecule has 0 aliphatic rings. The van der Waals surface area contributed by atoms with Crippen molar-refractivity contribution in [1.29, 1.82) is 0 Å². The molecule has 6 rings (SSSR count). The summed E-state index contributed by atoms with van der Waals surface area (Å²) in [5, 5.41) is 6.28. The van der Waals surface area contributed by atoms with E-state index in [4.69, 9.17) is 0 Å². The van der Waals surface area contributed by atoms with E-state index in [1.54, 1.807) is 0 Å². The fraction of sp³-hybridized carbons (Fsp3) is 0. The van der Waals surface area contributed by atoms with Gasteiger partial charge in [-0.2, -0.15) is 0 Å². The number of anilines is 2. The van der Waals surface area contributed by atoms with Crippen LogP contribution in [0.15, 0.2) is 121 Å². The molecule has 152 valence electrons. The Balaban J connectivity index is 1.34. The molecule has 0 unspecified atom stereocenters. The van der Waals surface area contributed by atoms with Crippen LogP contribution in [-0.4, -0.2) is 0 Å². The van der Waals surface area contributed by atoms with Crippen LogP contribution in [0.4, 0.5) is 11.4 Å². The van der Waals surface area contributed by atoms with Gasteiger partial charge in [-0.3, -0.25) is 0 Å². The zero-order valence-corrected chi connectivity index (χ0v) is 18.3. The molecule has 5 aromatic carbocycles. The summed E-state index contributed by atoms with van der Waals surface area (Å²) in [6.45, 7) is 0. The summed E-state index contributed by atoms with van der Waals surface area (Å²) in [6.07, 6.45) is 0. The molecule has 1 nitrogen and oxygen atoms in total. The van der Waals surface area contributed by atoms with Crippen molar-refractivity contribution in [3.8, 4) is 22.3 Å². The maximum Gasteiger partial charge on any atom is 0.0478 e. The van der Waals surface area contributed by atoms with Gasteiger partial charge in [0.15, 0.2) is 0 Å². The average Bonchev–Trinajstić information content (AvgIpc) is 3.25. The quantitative estimate of drug-likeness (QED) is 0.296. The summed E-state index contributed by atoms with van der Waals surface area (Å²) in [6, 6.07) is 43.1. The largest absolute Gasteiger partial charge is 0.355 e. The molecule has 0 spiro atoms. The van der Waals surface area contributed by atoms with Crippen molar-refractivity contribution >= 4 is 42.9 Å². The predicted molar refractivity (Wildman–Crippen MR) is 140 cm³/mol. The molecule has 0 fully saturated rings. The molecule has 1 N–H and O–H groups in total. The Kier molecular flexibility index (Phi) is 4.71. The van der Waals surface area contributed by atoms with E-state index in [9.17, 15) is 0 Å². The minimum Gasteiger partial charge on any atom is -0.355 e. The third-order valence-corrected chi connectivity index (χ3v) is 7.01. The van der Waals surface area contributed by atoms with Gasteiger partial charge in [-0.1, -0.05) is 91.0 Å². The van der Waals surface area contributed by atoms with Gasteiger partial charge in [-0.25, -0.2) is 0 Å². The first kappa shape index (κ1) is 18.9. The van der Waals surface area contributed by atoms with Crippen LogP contribution >= 0.6 is 11.3 Å². The van der Waals surface area contributed by atoms with Gasteiger partial charge in [-0.15, -0.1) is 11.3 Å². The Labute approximate surface area is 191 Å². The van der Waals surface area contributed by atoms with Gasteiger partial charge in [0.1, 0.15) is 0 Å². The number of rotatable bonds is 4. The highest BCUT2D eigenvalue weighted by atomic mass is 32.1. The van der Waals surface area contributed by atoms with Crippen molar-refractivity contribution in [2.75, 3.05) is 5.32 Å². The summed E-state index contributed by atoms with van der Waals surface area (Å²) >= 11 is 1.85. The summed E-state index contributed by atoms with van der Waals surface area (Å²) < 4.78 is 2.63. The van der Waals surface area contributed by atoms with E-state index in [1.807, 2.05) is 11.3 Å². The molecule has 0 saturated heterocycles. The Morgan fingerprint density at radius 2 is 1.09 bits per heavy atom. The molecule has 0 aliphatic heterocycles. The minimum atomic E-state index is 1.09. The highest BCUT2D eigenvalue weighted by Gasteiger charge is 2.09. The predicted octanol–water partition coefficient (Wildman–Crippen LogP) is 9.13. The molecule has 2 heteroatoms. The molecule has 32 heavy (non-hydrogen) atoms. The lowest BCUT2D eigenvalue weighted by Crippen LogP contribution is -1.91. The Bertz CT molecular complexity index is 1530. The van der Waals surface area contributed by atoms with Crippen molar-refractivity contribution in [2.24, 2.45) is 0 Å². The number of hydrogen-bond donors (Lipinski definition) is 1. The smallest absolute Gasteiger partial charge is 0.0478 e. The maximum absolute atomic E-state index is 3.68. The van der Waals surface area contributed by atoms with Crippen LogP contribution in [0, 0.1) is 0 Å². The van der Waals surface area contributed by atoms with Crippen LogP contribution in [0.2, 0.25) is 0 Å². The molecule has 0 aliphatic carbocycles. The second kappa shape index (κ2) is 7.99. The first-order valence-electron chi connectivity index (χ1n) is 10.8. The highest BCUT2D eigenvalue weighted by molar-refractivity contribution is 7.25. The third-order valence-electron chi connectivity index (χ3n) is 5.87. The zero-order chi connectivity index (χ0) is 21.3. The van der Waals surface area contributed by atoms with Crippen LogP contribution in [0.25, 0.3) is 42.4 Å².